The summed E-state index contributed by atoms with van der Waals surface area (Å²) in [6.07, 6.45) is 1.77. The van der Waals surface area contributed by atoms with Gasteiger partial charge in [0.25, 0.3) is 0 Å². The van der Waals surface area contributed by atoms with Crippen LogP contribution in [-0.2, 0) is 11.2 Å². The number of hydrogen-bond donors (Lipinski definition) is 0. The number of Topliss-reactive ketones (excluding diaryl/α,β-unsaturated/α-hetero) is 1. The number of fused-ring (bicyclic) bond motifs is 1. The van der Waals surface area contributed by atoms with E-state index in [9.17, 15) is 9.59 Å². The van der Waals surface area contributed by atoms with Crippen LogP contribution < -0.4 is 18.9 Å². The van der Waals surface area contributed by atoms with Crippen molar-refractivity contribution < 1.29 is 28.5 Å². The Hall–Kier alpha value is -4.06. The van der Waals surface area contributed by atoms with Crippen LogP contribution in [-0.4, -0.2) is 26.0 Å². The van der Waals surface area contributed by atoms with E-state index in [1.54, 1.807) is 56.7 Å². The topological polar surface area (TPSA) is 71.1 Å². The van der Waals surface area contributed by atoms with E-state index < -0.39 is 5.97 Å². The summed E-state index contributed by atoms with van der Waals surface area (Å²) in [6, 6.07) is 19.3. The van der Waals surface area contributed by atoms with E-state index in [0.717, 1.165) is 5.56 Å². The van der Waals surface area contributed by atoms with Crippen molar-refractivity contribution in [3.8, 4) is 23.0 Å². The fraction of sp³-hybridized carbons (Fsp3) is 0.120. The minimum absolute atomic E-state index is 0.153. The zero-order valence-electron chi connectivity index (χ0n) is 17.1. The van der Waals surface area contributed by atoms with Gasteiger partial charge in [-0.15, -0.1) is 0 Å². The average Bonchev–Trinajstić information content (AvgIpc) is 3.09. The first-order chi connectivity index (χ1) is 15.1. The maximum absolute atomic E-state index is 12.7. The molecule has 0 amide bonds. The Kier molecular flexibility index (Phi) is 5.71. The minimum atomic E-state index is -0.394. The molecular weight excluding hydrogens is 396 g/mol. The average molecular weight is 416 g/mol. The SMILES string of the molecule is COc1ccc(/C=C2\Oc3cc(OC(=O)Cc4ccccc4)ccc3C2=O)c(OC)c1. The van der Waals surface area contributed by atoms with Gasteiger partial charge in [-0.3, -0.25) is 9.59 Å². The van der Waals surface area contributed by atoms with Crippen molar-refractivity contribution in [1.82, 2.24) is 0 Å². The first-order valence-electron chi connectivity index (χ1n) is 9.62. The molecule has 0 saturated carbocycles. The molecule has 1 aliphatic heterocycles. The fourth-order valence-corrected chi connectivity index (χ4v) is 3.24. The standard InChI is InChI=1S/C25H20O6/c1-28-18-9-8-17(21(14-18)29-2)13-23-25(27)20-11-10-19(15-22(20)31-23)30-24(26)12-16-6-4-3-5-7-16/h3-11,13-15H,12H2,1-2H3/b23-13-. The molecule has 0 bridgehead atoms. The molecule has 0 aromatic heterocycles. The number of allylic oxidation sites excluding steroid dienone is 1. The number of benzene rings is 3. The Labute approximate surface area is 179 Å². The third-order valence-corrected chi connectivity index (χ3v) is 4.79. The number of ether oxygens (including phenoxy) is 4. The van der Waals surface area contributed by atoms with Crippen LogP contribution in [0.1, 0.15) is 21.5 Å². The second-order valence-corrected chi connectivity index (χ2v) is 6.84. The van der Waals surface area contributed by atoms with Gasteiger partial charge in [0.05, 0.1) is 26.2 Å². The summed E-state index contributed by atoms with van der Waals surface area (Å²) in [5.41, 5.74) is 1.94. The largest absolute Gasteiger partial charge is 0.497 e. The van der Waals surface area contributed by atoms with Crippen molar-refractivity contribution in [2.45, 2.75) is 6.42 Å². The van der Waals surface area contributed by atoms with Gasteiger partial charge < -0.3 is 18.9 Å². The van der Waals surface area contributed by atoms with Gasteiger partial charge in [0, 0.05) is 17.7 Å². The molecule has 0 N–H and O–H groups in total. The third-order valence-electron chi connectivity index (χ3n) is 4.79. The zero-order valence-corrected chi connectivity index (χ0v) is 17.1. The Balaban J connectivity index is 1.52. The highest BCUT2D eigenvalue weighted by Gasteiger charge is 2.28. The third kappa shape index (κ3) is 4.43. The van der Waals surface area contributed by atoms with Gasteiger partial charge >= 0.3 is 5.97 Å². The van der Waals surface area contributed by atoms with Gasteiger partial charge in [-0.25, -0.2) is 0 Å². The van der Waals surface area contributed by atoms with Crippen LogP contribution >= 0.6 is 0 Å². The molecule has 0 aliphatic carbocycles. The molecule has 6 nitrogen and oxygen atoms in total. The molecule has 0 fully saturated rings. The first-order valence-corrected chi connectivity index (χ1v) is 9.62. The van der Waals surface area contributed by atoms with Crippen LogP contribution in [0.4, 0.5) is 0 Å². The number of esters is 1. The van der Waals surface area contributed by atoms with Crippen LogP contribution in [0, 0.1) is 0 Å². The van der Waals surface area contributed by atoms with E-state index in [-0.39, 0.29) is 18.0 Å². The molecule has 0 unspecified atom stereocenters. The lowest BCUT2D eigenvalue weighted by Crippen LogP contribution is -2.11. The van der Waals surface area contributed by atoms with Gasteiger partial charge in [0.1, 0.15) is 23.0 Å². The summed E-state index contributed by atoms with van der Waals surface area (Å²) in [4.78, 5) is 24.9. The minimum Gasteiger partial charge on any atom is -0.497 e. The maximum atomic E-state index is 12.7. The predicted molar refractivity (Wildman–Crippen MR) is 115 cm³/mol. The van der Waals surface area contributed by atoms with Crippen LogP contribution in [0.3, 0.4) is 0 Å². The Morgan fingerprint density at radius 1 is 0.935 bits per heavy atom. The number of rotatable bonds is 6. The van der Waals surface area contributed by atoms with E-state index >= 15 is 0 Å². The normalized spacial score (nSPS) is 13.5. The summed E-state index contributed by atoms with van der Waals surface area (Å²) < 4.78 is 21.7. The van der Waals surface area contributed by atoms with Crippen LogP contribution in [0.15, 0.2) is 72.5 Å². The molecule has 1 aliphatic rings. The number of hydrogen-bond acceptors (Lipinski definition) is 6. The summed E-state index contributed by atoms with van der Waals surface area (Å²) >= 11 is 0. The van der Waals surface area contributed by atoms with E-state index in [0.29, 0.717) is 34.1 Å². The van der Waals surface area contributed by atoms with Crippen LogP contribution in [0.5, 0.6) is 23.0 Å². The highest BCUT2D eigenvalue weighted by molar-refractivity contribution is 6.14. The molecule has 0 atom stereocenters. The van der Waals surface area contributed by atoms with E-state index in [1.165, 1.54) is 0 Å². The summed E-state index contributed by atoms with van der Waals surface area (Å²) in [6.45, 7) is 0. The summed E-state index contributed by atoms with van der Waals surface area (Å²) in [5, 5.41) is 0. The van der Waals surface area contributed by atoms with Crippen LogP contribution in [0.25, 0.3) is 6.08 Å². The predicted octanol–water partition coefficient (Wildman–Crippen LogP) is 4.47. The van der Waals surface area contributed by atoms with Crippen molar-refractivity contribution in [3.05, 3.63) is 89.2 Å². The van der Waals surface area contributed by atoms with E-state index in [2.05, 4.69) is 0 Å². The van der Waals surface area contributed by atoms with Crippen molar-refractivity contribution in [3.63, 3.8) is 0 Å². The van der Waals surface area contributed by atoms with Gasteiger partial charge in [0.2, 0.25) is 5.78 Å². The lowest BCUT2D eigenvalue weighted by molar-refractivity contribution is -0.133. The molecule has 6 heteroatoms. The molecule has 0 spiro atoms. The monoisotopic (exact) mass is 416 g/mol. The lowest BCUT2D eigenvalue weighted by Gasteiger charge is -2.08. The molecule has 1 heterocycles. The molecule has 0 radical (unpaired) electrons. The summed E-state index contributed by atoms with van der Waals surface area (Å²) in [7, 11) is 3.11. The molecule has 4 rings (SSSR count). The van der Waals surface area contributed by atoms with E-state index in [4.69, 9.17) is 18.9 Å². The van der Waals surface area contributed by atoms with Crippen molar-refractivity contribution in [1.29, 1.82) is 0 Å². The van der Waals surface area contributed by atoms with Crippen LogP contribution in [0.2, 0.25) is 0 Å². The van der Waals surface area contributed by atoms with Gasteiger partial charge in [-0.05, 0) is 35.9 Å². The molecule has 31 heavy (non-hydrogen) atoms. The fourth-order valence-electron chi connectivity index (χ4n) is 3.24. The van der Waals surface area contributed by atoms with Crippen molar-refractivity contribution in [2.75, 3.05) is 14.2 Å². The first kappa shape index (κ1) is 20.2. The molecular formula is C25H20O6. The second kappa shape index (κ2) is 8.75. The number of carbonyl (C=O) groups excluding carboxylic acids is 2. The quantitative estimate of drug-likeness (QED) is 0.336. The smallest absolute Gasteiger partial charge is 0.315 e. The molecule has 0 saturated heterocycles. The number of carbonyl (C=O) groups is 2. The zero-order chi connectivity index (χ0) is 21.8. The molecule has 3 aromatic rings. The van der Waals surface area contributed by atoms with E-state index in [1.807, 2.05) is 30.3 Å². The molecule has 156 valence electrons. The van der Waals surface area contributed by atoms with Crippen molar-refractivity contribution >= 4 is 17.8 Å². The maximum Gasteiger partial charge on any atom is 0.315 e. The Bertz CT molecular complexity index is 1160. The van der Waals surface area contributed by atoms with Gasteiger partial charge in [-0.1, -0.05) is 30.3 Å². The Morgan fingerprint density at radius 3 is 2.45 bits per heavy atom. The second-order valence-electron chi connectivity index (χ2n) is 6.84. The summed E-state index contributed by atoms with van der Waals surface area (Å²) in [5.74, 6) is 1.36. The van der Waals surface area contributed by atoms with Crippen molar-refractivity contribution in [2.24, 2.45) is 0 Å². The Morgan fingerprint density at radius 2 is 1.71 bits per heavy atom. The van der Waals surface area contributed by atoms with Gasteiger partial charge in [0.15, 0.2) is 5.76 Å². The highest BCUT2D eigenvalue weighted by Crippen LogP contribution is 2.36. The number of methoxy groups -OCH3 is 2. The number of ketones is 1. The molecule has 3 aromatic carbocycles. The lowest BCUT2D eigenvalue weighted by atomic mass is 10.1. The highest BCUT2D eigenvalue weighted by atomic mass is 16.5. The van der Waals surface area contributed by atoms with Gasteiger partial charge in [-0.2, -0.15) is 0 Å².